The summed E-state index contributed by atoms with van der Waals surface area (Å²) in [5.41, 5.74) is 2.90. The van der Waals surface area contributed by atoms with Gasteiger partial charge in [-0.05, 0) is 35.9 Å². The molecule has 1 aromatic carbocycles. The number of amides is 1. The van der Waals surface area contributed by atoms with Crippen LogP contribution in [0.15, 0.2) is 59.1 Å². The molecule has 0 aliphatic heterocycles. The van der Waals surface area contributed by atoms with E-state index in [0.717, 1.165) is 16.9 Å². The van der Waals surface area contributed by atoms with Gasteiger partial charge in [-0.15, -0.1) is 11.3 Å². The summed E-state index contributed by atoms with van der Waals surface area (Å²) in [6, 6.07) is 10.1. The second-order valence-electron chi connectivity index (χ2n) is 6.49. The number of halogens is 2. The van der Waals surface area contributed by atoms with Gasteiger partial charge < -0.3 is 4.57 Å². The highest BCUT2D eigenvalue weighted by Crippen LogP contribution is 2.32. The maximum atomic E-state index is 13.2. The van der Waals surface area contributed by atoms with Crippen LogP contribution < -0.4 is 10.2 Å². The lowest BCUT2D eigenvalue weighted by Crippen LogP contribution is -2.19. The van der Waals surface area contributed by atoms with Gasteiger partial charge in [0.2, 0.25) is 0 Å². The molecule has 3 heterocycles. The van der Waals surface area contributed by atoms with Crippen molar-refractivity contribution in [3.8, 4) is 0 Å². The summed E-state index contributed by atoms with van der Waals surface area (Å²) in [6.07, 6.45) is 2.95. The van der Waals surface area contributed by atoms with E-state index in [-0.39, 0.29) is 21.4 Å². The van der Waals surface area contributed by atoms with Gasteiger partial charge in [-0.2, -0.15) is 0 Å². The molecule has 0 atom stereocenters. The van der Waals surface area contributed by atoms with Crippen molar-refractivity contribution in [1.29, 1.82) is 0 Å². The fraction of sp³-hybridized carbons (Fsp3) is 0.0526. The molecule has 31 heavy (non-hydrogen) atoms. The Labute approximate surface area is 184 Å². The van der Waals surface area contributed by atoms with Gasteiger partial charge in [0.15, 0.2) is 0 Å². The van der Waals surface area contributed by atoms with Crippen LogP contribution in [0.25, 0.3) is 10.9 Å². The minimum atomic E-state index is -3.94. The Hall–Kier alpha value is -2.99. The topological polar surface area (TPSA) is 113 Å². The van der Waals surface area contributed by atoms with Crippen molar-refractivity contribution in [2.45, 2.75) is 10.8 Å². The number of sulfonamides is 1. The predicted octanol–water partition coefficient (Wildman–Crippen LogP) is 3.86. The van der Waals surface area contributed by atoms with Crippen molar-refractivity contribution in [2.24, 2.45) is 0 Å². The van der Waals surface area contributed by atoms with Crippen molar-refractivity contribution in [2.75, 3.05) is 4.72 Å². The number of hydroxylamine groups is 1. The van der Waals surface area contributed by atoms with Crippen LogP contribution in [-0.2, 0) is 16.6 Å². The standard InChI is InChI=1S/C19H14ClFN4O4S2/c20-17-5-6-18(30-17)31(28,29)24-15-10-25(9-11-1-3-12(21)4-2-11)16-8-22-14(7-13(15)16)19(26)23-27/h1-8,10,24,27H,9H2,(H,23,26). The Balaban J connectivity index is 1.80. The Bertz CT molecular complexity index is 1380. The number of aromatic nitrogens is 2. The number of pyridine rings is 1. The molecule has 3 aromatic heterocycles. The molecule has 0 spiro atoms. The number of rotatable bonds is 6. The van der Waals surface area contributed by atoms with E-state index in [1.807, 2.05) is 0 Å². The molecule has 4 rings (SSSR count). The Morgan fingerprint density at radius 3 is 2.61 bits per heavy atom. The molecule has 1 amide bonds. The van der Waals surface area contributed by atoms with Crippen molar-refractivity contribution in [3.63, 3.8) is 0 Å². The smallest absolute Gasteiger partial charge is 0.293 e. The lowest BCUT2D eigenvalue weighted by molar-refractivity contribution is 0.0701. The quantitative estimate of drug-likeness (QED) is 0.286. The zero-order valence-electron chi connectivity index (χ0n) is 15.5. The first kappa shape index (κ1) is 21.2. The molecule has 0 radical (unpaired) electrons. The van der Waals surface area contributed by atoms with Gasteiger partial charge in [0.05, 0.1) is 21.7 Å². The van der Waals surface area contributed by atoms with Crippen LogP contribution in [0, 0.1) is 5.82 Å². The molecule has 0 fully saturated rings. The number of carbonyl (C=O) groups excluding carboxylic acids is 1. The Morgan fingerprint density at radius 2 is 1.97 bits per heavy atom. The van der Waals surface area contributed by atoms with E-state index in [0.29, 0.717) is 21.8 Å². The summed E-state index contributed by atoms with van der Waals surface area (Å²) in [5.74, 6) is -1.21. The van der Waals surface area contributed by atoms with Crippen LogP contribution in [-0.4, -0.2) is 29.1 Å². The minimum Gasteiger partial charge on any atom is -0.340 e. The van der Waals surface area contributed by atoms with E-state index >= 15 is 0 Å². The van der Waals surface area contributed by atoms with Gasteiger partial charge in [0, 0.05) is 18.1 Å². The van der Waals surface area contributed by atoms with Gasteiger partial charge in [-0.1, -0.05) is 23.7 Å². The number of thiophene rings is 1. The highest BCUT2D eigenvalue weighted by molar-refractivity contribution is 7.94. The van der Waals surface area contributed by atoms with E-state index in [1.54, 1.807) is 22.9 Å². The van der Waals surface area contributed by atoms with E-state index in [2.05, 4.69) is 9.71 Å². The van der Waals surface area contributed by atoms with Crippen molar-refractivity contribution in [1.82, 2.24) is 15.0 Å². The van der Waals surface area contributed by atoms with E-state index in [1.165, 1.54) is 42.0 Å². The van der Waals surface area contributed by atoms with Crippen LogP contribution in [0.5, 0.6) is 0 Å². The monoisotopic (exact) mass is 480 g/mol. The third-order valence-electron chi connectivity index (χ3n) is 4.43. The lowest BCUT2D eigenvalue weighted by atomic mass is 10.2. The molecule has 4 aromatic rings. The normalized spacial score (nSPS) is 11.6. The first-order valence-corrected chi connectivity index (χ1v) is 11.4. The average molecular weight is 481 g/mol. The van der Waals surface area contributed by atoms with Crippen LogP contribution in [0.2, 0.25) is 4.34 Å². The average Bonchev–Trinajstić information content (AvgIpc) is 3.33. The van der Waals surface area contributed by atoms with Crippen LogP contribution in [0.1, 0.15) is 16.1 Å². The molecule has 0 saturated heterocycles. The maximum Gasteiger partial charge on any atom is 0.293 e. The Morgan fingerprint density at radius 1 is 1.23 bits per heavy atom. The molecular formula is C19H14ClFN4O4S2. The zero-order valence-corrected chi connectivity index (χ0v) is 17.9. The van der Waals surface area contributed by atoms with Crippen molar-refractivity contribution >= 4 is 55.5 Å². The summed E-state index contributed by atoms with van der Waals surface area (Å²) in [5, 5.41) is 9.28. The fourth-order valence-corrected chi connectivity index (χ4v) is 5.55. The number of hydrogen-bond donors (Lipinski definition) is 3. The number of carbonyl (C=O) groups is 1. The van der Waals surface area contributed by atoms with Gasteiger partial charge in [0.1, 0.15) is 15.7 Å². The summed E-state index contributed by atoms with van der Waals surface area (Å²) < 4.78 is 43.4. The van der Waals surface area contributed by atoms with Crippen LogP contribution >= 0.6 is 22.9 Å². The number of nitrogens with zero attached hydrogens (tertiary/aromatic N) is 2. The predicted molar refractivity (Wildman–Crippen MR) is 115 cm³/mol. The minimum absolute atomic E-state index is 0.0271. The van der Waals surface area contributed by atoms with Gasteiger partial charge in [0.25, 0.3) is 15.9 Å². The zero-order chi connectivity index (χ0) is 22.2. The van der Waals surface area contributed by atoms with E-state index < -0.39 is 15.9 Å². The number of fused-ring (bicyclic) bond motifs is 1. The molecule has 0 unspecified atom stereocenters. The largest absolute Gasteiger partial charge is 0.340 e. The SMILES string of the molecule is O=C(NO)c1cc2c(NS(=O)(=O)c3ccc(Cl)s3)cn(Cc3ccc(F)cc3)c2cn1. The molecule has 0 bridgehead atoms. The summed E-state index contributed by atoms with van der Waals surface area (Å²) in [7, 11) is -3.94. The number of hydrogen-bond acceptors (Lipinski definition) is 6. The van der Waals surface area contributed by atoms with E-state index in [9.17, 15) is 17.6 Å². The third-order valence-corrected chi connectivity index (χ3v) is 7.51. The molecule has 8 nitrogen and oxygen atoms in total. The molecule has 0 aliphatic rings. The second-order valence-corrected chi connectivity index (χ2v) is 10.1. The molecule has 0 aliphatic carbocycles. The first-order chi connectivity index (χ1) is 14.8. The lowest BCUT2D eigenvalue weighted by Gasteiger charge is -2.06. The molecule has 3 N–H and O–H groups in total. The van der Waals surface area contributed by atoms with Gasteiger partial charge >= 0.3 is 0 Å². The first-order valence-electron chi connectivity index (χ1n) is 8.73. The highest BCUT2D eigenvalue weighted by Gasteiger charge is 2.21. The summed E-state index contributed by atoms with van der Waals surface area (Å²) in [6.45, 7) is 0.302. The Kier molecular flexibility index (Phi) is 5.67. The van der Waals surface area contributed by atoms with Crippen LogP contribution in [0.3, 0.4) is 0 Å². The number of nitrogens with one attached hydrogen (secondary N) is 2. The third kappa shape index (κ3) is 4.39. The molecule has 0 saturated carbocycles. The second kappa shape index (κ2) is 8.27. The fourth-order valence-electron chi connectivity index (χ4n) is 3.00. The van der Waals surface area contributed by atoms with E-state index in [4.69, 9.17) is 16.8 Å². The summed E-state index contributed by atoms with van der Waals surface area (Å²) in [4.78, 5) is 15.8. The van der Waals surface area contributed by atoms with Crippen LogP contribution in [0.4, 0.5) is 10.1 Å². The summed E-state index contributed by atoms with van der Waals surface area (Å²) >= 11 is 6.77. The highest BCUT2D eigenvalue weighted by atomic mass is 35.5. The number of anilines is 1. The van der Waals surface area contributed by atoms with Gasteiger partial charge in [-0.25, -0.2) is 23.3 Å². The van der Waals surface area contributed by atoms with Crippen molar-refractivity contribution in [3.05, 3.63) is 76.3 Å². The molecular weight excluding hydrogens is 467 g/mol. The number of benzene rings is 1. The van der Waals surface area contributed by atoms with Gasteiger partial charge in [-0.3, -0.25) is 14.7 Å². The van der Waals surface area contributed by atoms with Crippen molar-refractivity contribution < 1.29 is 22.8 Å². The molecule has 12 heteroatoms. The molecule has 160 valence electrons. The maximum absolute atomic E-state index is 13.2.